The fourth-order valence-corrected chi connectivity index (χ4v) is 4.41. The molecule has 0 unspecified atom stereocenters. The number of amides is 1. The Morgan fingerprint density at radius 1 is 1.28 bits per heavy atom. The van der Waals surface area contributed by atoms with Crippen molar-refractivity contribution in [3.8, 4) is 6.07 Å². The van der Waals surface area contributed by atoms with Gasteiger partial charge in [0.05, 0.1) is 11.6 Å². The number of aromatic nitrogens is 2. The molecule has 0 aliphatic carbocycles. The molecule has 0 aliphatic rings. The fourth-order valence-electron chi connectivity index (χ4n) is 2.70. The van der Waals surface area contributed by atoms with Gasteiger partial charge in [0.15, 0.2) is 10.1 Å². The summed E-state index contributed by atoms with van der Waals surface area (Å²) in [4.78, 5) is 12.5. The summed E-state index contributed by atoms with van der Waals surface area (Å²) in [6.45, 7) is 1.71. The van der Waals surface area contributed by atoms with Crippen molar-refractivity contribution in [2.24, 2.45) is 0 Å². The number of fused-ring (bicyclic) bond motifs is 1. The Kier molecular flexibility index (Phi) is 5.29. The van der Waals surface area contributed by atoms with Crippen LogP contribution in [-0.2, 0) is 5.75 Å². The molecule has 0 aliphatic heterocycles. The Bertz CT molecular complexity index is 1240. The average molecular weight is 424 g/mol. The number of nitrogens with zero attached hydrogens (tertiary/aromatic N) is 3. The van der Waals surface area contributed by atoms with E-state index in [0.717, 1.165) is 5.56 Å². The minimum Gasteiger partial charge on any atom is -0.451 e. The molecule has 6 nitrogen and oxygen atoms in total. The zero-order valence-corrected chi connectivity index (χ0v) is 16.7. The molecule has 0 radical (unpaired) electrons. The van der Waals surface area contributed by atoms with Crippen LogP contribution in [0.3, 0.4) is 0 Å². The maximum Gasteiger partial charge on any atom is 0.293 e. The number of hydrogen-bond donors (Lipinski definition) is 1. The number of carbonyl (C=O) groups excluding carboxylic acids is 1. The average Bonchev–Trinajstić information content (AvgIpc) is 3.31. The SMILES string of the molecule is Cc1c(C(=O)Nc2nnc(SCc3ccc(C#N)cc3)s2)oc2ccc(F)cc12. The molecule has 1 amide bonds. The smallest absolute Gasteiger partial charge is 0.293 e. The second-order valence-corrected chi connectivity index (χ2v) is 8.32. The van der Waals surface area contributed by atoms with Crippen LogP contribution >= 0.6 is 23.1 Å². The highest BCUT2D eigenvalue weighted by Crippen LogP contribution is 2.30. The van der Waals surface area contributed by atoms with Gasteiger partial charge in [0.2, 0.25) is 5.13 Å². The predicted octanol–water partition coefficient (Wildman–Crippen LogP) is 5.15. The molecule has 4 aromatic rings. The van der Waals surface area contributed by atoms with Gasteiger partial charge in [-0.15, -0.1) is 10.2 Å². The van der Waals surface area contributed by atoms with Crippen molar-refractivity contribution >= 4 is 45.1 Å². The third-order valence-corrected chi connectivity index (χ3v) is 6.22. The van der Waals surface area contributed by atoms with E-state index in [0.29, 0.717) is 37.3 Å². The highest BCUT2D eigenvalue weighted by molar-refractivity contribution is 8.00. The topological polar surface area (TPSA) is 91.8 Å². The number of anilines is 1. The number of hydrogen-bond acceptors (Lipinski definition) is 7. The van der Waals surface area contributed by atoms with Crippen molar-refractivity contribution in [1.29, 1.82) is 5.26 Å². The lowest BCUT2D eigenvalue weighted by atomic mass is 10.1. The van der Waals surface area contributed by atoms with Crippen molar-refractivity contribution in [3.63, 3.8) is 0 Å². The van der Waals surface area contributed by atoms with Gasteiger partial charge in [0, 0.05) is 16.7 Å². The second-order valence-electron chi connectivity index (χ2n) is 6.12. The first-order chi connectivity index (χ1) is 14.0. The monoisotopic (exact) mass is 424 g/mol. The van der Waals surface area contributed by atoms with E-state index >= 15 is 0 Å². The Hall–Kier alpha value is -3.22. The van der Waals surface area contributed by atoms with Crippen LogP contribution in [0.1, 0.15) is 27.2 Å². The lowest BCUT2D eigenvalue weighted by Gasteiger charge is -1.99. The number of aryl methyl sites for hydroxylation is 1. The standard InChI is InChI=1S/C20H13FN4O2S2/c1-11-15-8-14(21)6-7-16(15)27-17(11)18(26)23-19-24-25-20(29-19)28-10-13-4-2-12(9-22)3-5-13/h2-8H,10H2,1H3,(H,23,24,26). The van der Waals surface area contributed by atoms with Crippen LogP contribution in [0, 0.1) is 24.1 Å². The summed E-state index contributed by atoms with van der Waals surface area (Å²) in [5, 5.41) is 20.5. The molecule has 2 aromatic heterocycles. The summed E-state index contributed by atoms with van der Waals surface area (Å²) in [5.74, 6) is -0.0596. The number of carbonyl (C=O) groups is 1. The van der Waals surface area contributed by atoms with E-state index in [-0.39, 0.29) is 11.6 Å². The van der Waals surface area contributed by atoms with Gasteiger partial charge >= 0.3 is 0 Å². The molecule has 9 heteroatoms. The van der Waals surface area contributed by atoms with Crippen LogP contribution in [-0.4, -0.2) is 16.1 Å². The van der Waals surface area contributed by atoms with Gasteiger partial charge in [0.1, 0.15) is 11.4 Å². The number of halogens is 1. The lowest BCUT2D eigenvalue weighted by molar-refractivity contribution is 0.0998. The molecule has 0 bridgehead atoms. The van der Waals surface area contributed by atoms with Crippen molar-refractivity contribution < 1.29 is 13.6 Å². The van der Waals surface area contributed by atoms with E-state index in [4.69, 9.17) is 9.68 Å². The molecule has 0 spiro atoms. The highest BCUT2D eigenvalue weighted by Gasteiger charge is 2.19. The quantitative estimate of drug-likeness (QED) is 0.352. The molecule has 0 atom stereocenters. The zero-order chi connectivity index (χ0) is 20.4. The van der Waals surface area contributed by atoms with E-state index in [1.807, 2.05) is 12.1 Å². The van der Waals surface area contributed by atoms with Crippen LogP contribution in [0.25, 0.3) is 11.0 Å². The summed E-state index contributed by atoms with van der Waals surface area (Å²) in [7, 11) is 0. The number of rotatable bonds is 5. The van der Waals surface area contributed by atoms with Gasteiger partial charge in [-0.25, -0.2) is 4.39 Å². The molecule has 2 heterocycles. The van der Waals surface area contributed by atoms with Gasteiger partial charge < -0.3 is 4.42 Å². The second kappa shape index (κ2) is 8.03. The Morgan fingerprint density at radius 2 is 2.07 bits per heavy atom. The third-order valence-electron chi connectivity index (χ3n) is 4.18. The fraction of sp³-hybridized carbons (Fsp3) is 0.100. The van der Waals surface area contributed by atoms with Crippen molar-refractivity contribution in [2.45, 2.75) is 17.0 Å². The third kappa shape index (κ3) is 4.13. The van der Waals surface area contributed by atoms with Gasteiger partial charge in [-0.2, -0.15) is 5.26 Å². The predicted molar refractivity (Wildman–Crippen MR) is 109 cm³/mol. The first-order valence-corrected chi connectivity index (χ1v) is 10.3. The van der Waals surface area contributed by atoms with E-state index in [1.54, 1.807) is 19.1 Å². The minimum absolute atomic E-state index is 0.118. The van der Waals surface area contributed by atoms with E-state index in [9.17, 15) is 9.18 Å². The largest absolute Gasteiger partial charge is 0.451 e. The molecule has 0 fully saturated rings. The molecule has 144 valence electrons. The van der Waals surface area contributed by atoms with Gasteiger partial charge in [-0.1, -0.05) is 35.2 Å². The molecule has 0 saturated heterocycles. The van der Waals surface area contributed by atoms with Crippen LogP contribution in [0.2, 0.25) is 0 Å². The first-order valence-electron chi connectivity index (χ1n) is 8.49. The van der Waals surface area contributed by atoms with Crippen LogP contribution in [0.4, 0.5) is 9.52 Å². The summed E-state index contributed by atoms with van der Waals surface area (Å²) >= 11 is 2.74. The Labute approximate surface area is 173 Å². The van der Waals surface area contributed by atoms with E-state index in [1.165, 1.54) is 41.3 Å². The summed E-state index contributed by atoms with van der Waals surface area (Å²) in [6, 6.07) is 13.5. The lowest BCUT2D eigenvalue weighted by Crippen LogP contribution is -2.11. The maximum absolute atomic E-state index is 13.4. The Balaban J connectivity index is 1.42. The van der Waals surface area contributed by atoms with Crippen molar-refractivity contribution in [1.82, 2.24) is 10.2 Å². The molecular formula is C20H13FN4O2S2. The van der Waals surface area contributed by atoms with Crippen LogP contribution in [0.5, 0.6) is 0 Å². The van der Waals surface area contributed by atoms with Crippen LogP contribution < -0.4 is 5.32 Å². The summed E-state index contributed by atoms with van der Waals surface area (Å²) in [6.07, 6.45) is 0. The van der Waals surface area contributed by atoms with Gasteiger partial charge in [-0.3, -0.25) is 10.1 Å². The zero-order valence-electron chi connectivity index (χ0n) is 15.1. The number of thioether (sulfide) groups is 1. The number of furan rings is 1. The van der Waals surface area contributed by atoms with E-state index < -0.39 is 5.91 Å². The molecule has 2 aromatic carbocycles. The van der Waals surface area contributed by atoms with Crippen molar-refractivity contribution in [3.05, 3.63) is 70.7 Å². The highest BCUT2D eigenvalue weighted by atomic mass is 32.2. The minimum atomic E-state index is -0.459. The number of benzene rings is 2. The molecule has 0 saturated carbocycles. The summed E-state index contributed by atoms with van der Waals surface area (Å²) < 4.78 is 19.7. The molecular weight excluding hydrogens is 411 g/mol. The molecule has 29 heavy (non-hydrogen) atoms. The van der Waals surface area contributed by atoms with Crippen molar-refractivity contribution in [2.75, 3.05) is 5.32 Å². The number of nitriles is 1. The normalized spacial score (nSPS) is 10.8. The molecule has 4 rings (SSSR count). The van der Waals surface area contributed by atoms with Gasteiger partial charge in [0.25, 0.3) is 5.91 Å². The van der Waals surface area contributed by atoms with Crippen LogP contribution in [0.15, 0.2) is 51.2 Å². The van der Waals surface area contributed by atoms with Gasteiger partial charge in [-0.05, 0) is 42.8 Å². The Morgan fingerprint density at radius 3 is 2.83 bits per heavy atom. The first kappa shape index (κ1) is 19.1. The molecule has 1 N–H and O–H groups in total. The number of nitrogens with one attached hydrogen (secondary N) is 1. The van der Waals surface area contributed by atoms with E-state index in [2.05, 4.69) is 21.6 Å². The summed E-state index contributed by atoms with van der Waals surface area (Å²) in [5.41, 5.74) is 2.69. The maximum atomic E-state index is 13.4.